The first-order valence-electron chi connectivity index (χ1n) is 8.50. The molecule has 128 valence electrons. The van der Waals surface area contributed by atoms with Gasteiger partial charge in [-0.15, -0.1) is 24.0 Å². The molecule has 2 saturated carbocycles. The van der Waals surface area contributed by atoms with E-state index in [9.17, 15) is 0 Å². The van der Waals surface area contributed by atoms with Gasteiger partial charge in [0.25, 0.3) is 0 Å². The summed E-state index contributed by atoms with van der Waals surface area (Å²) in [6, 6.07) is 4.61. The molecular formula is C17H27IN4O. The van der Waals surface area contributed by atoms with Crippen molar-refractivity contribution in [3.05, 3.63) is 23.9 Å². The number of aromatic nitrogens is 1. The molecule has 3 rings (SSSR count). The number of pyridine rings is 1. The molecule has 0 atom stereocenters. The van der Waals surface area contributed by atoms with Crippen LogP contribution >= 0.6 is 24.0 Å². The van der Waals surface area contributed by atoms with E-state index >= 15 is 0 Å². The van der Waals surface area contributed by atoms with Gasteiger partial charge in [-0.2, -0.15) is 0 Å². The molecule has 6 heteroatoms. The van der Waals surface area contributed by atoms with Gasteiger partial charge in [0.15, 0.2) is 5.96 Å². The van der Waals surface area contributed by atoms with Gasteiger partial charge >= 0.3 is 0 Å². The molecule has 1 aromatic rings. The fraction of sp³-hybridized carbons (Fsp3) is 0.647. The highest BCUT2D eigenvalue weighted by atomic mass is 127. The van der Waals surface area contributed by atoms with Crippen LogP contribution in [0.2, 0.25) is 0 Å². The number of ether oxygens (including phenoxy) is 1. The quantitative estimate of drug-likeness (QED) is 0.414. The molecule has 0 aliphatic heterocycles. The third-order valence-electron chi connectivity index (χ3n) is 4.10. The Morgan fingerprint density at radius 1 is 1.30 bits per heavy atom. The van der Waals surface area contributed by atoms with Crippen molar-refractivity contribution in [3.8, 4) is 5.88 Å². The van der Waals surface area contributed by atoms with Crippen molar-refractivity contribution in [2.75, 3.05) is 6.54 Å². The Bertz CT molecular complexity index is 513. The molecule has 0 radical (unpaired) electrons. The lowest BCUT2D eigenvalue weighted by Gasteiger charge is -2.15. The topological polar surface area (TPSA) is 58.5 Å². The Morgan fingerprint density at radius 2 is 2.09 bits per heavy atom. The largest absolute Gasteiger partial charge is 0.474 e. The minimum atomic E-state index is 0. The van der Waals surface area contributed by atoms with Gasteiger partial charge in [-0.05, 0) is 51.5 Å². The normalized spacial score (nSPS) is 18.4. The van der Waals surface area contributed by atoms with Crippen LogP contribution in [0.25, 0.3) is 0 Å². The standard InChI is InChI=1S/C17H26N4O.HI/c1-2-18-17(21-14-9-10-14)20-12-13-6-5-11-19-16(13)22-15-7-3-4-8-15;/h5-6,11,14-15H,2-4,7-10,12H2,1H3,(H2,18,20,21);1H. The number of hydrogen-bond acceptors (Lipinski definition) is 3. The maximum absolute atomic E-state index is 6.07. The van der Waals surface area contributed by atoms with E-state index in [1.165, 1.54) is 25.7 Å². The number of nitrogens with zero attached hydrogens (tertiary/aromatic N) is 2. The summed E-state index contributed by atoms with van der Waals surface area (Å²) >= 11 is 0. The molecule has 23 heavy (non-hydrogen) atoms. The predicted octanol–water partition coefficient (Wildman–Crippen LogP) is 3.24. The lowest BCUT2D eigenvalue weighted by atomic mass is 10.2. The minimum absolute atomic E-state index is 0. The van der Waals surface area contributed by atoms with Gasteiger partial charge in [-0.1, -0.05) is 6.07 Å². The van der Waals surface area contributed by atoms with Crippen LogP contribution in [0.4, 0.5) is 0 Å². The lowest BCUT2D eigenvalue weighted by molar-refractivity contribution is 0.199. The van der Waals surface area contributed by atoms with E-state index in [0.717, 1.165) is 36.8 Å². The maximum Gasteiger partial charge on any atom is 0.218 e. The monoisotopic (exact) mass is 430 g/mol. The average Bonchev–Trinajstić information content (AvgIpc) is 3.20. The predicted molar refractivity (Wildman–Crippen MR) is 104 cm³/mol. The van der Waals surface area contributed by atoms with Crippen LogP contribution in [0, 0.1) is 0 Å². The van der Waals surface area contributed by atoms with Crippen LogP contribution in [-0.4, -0.2) is 29.6 Å². The van der Waals surface area contributed by atoms with Gasteiger partial charge in [0.2, 0.25) is 5.88 Å². The molecule has 2 aliphatic carbocycles. The van der Waals surface area contributed by atoms with Crippen LogP contribution < -0.4 is 15.4 Å². The Hall–Kier alpha value is -1.05. The molecule has 0 saturated heterocycles. The SMILES string of the molecule is CCNC(=NCc1cccnc1OC1CCCC1)NC1CC1.I. The Balaban J connectivity index is 0.00000192. The second-order valence-electron chi connectivity index (χ2n) is 6.11. The van der Waals surface area contributed by atoms with Gasteiger partial charge in [0.1, 0.15) is 6.10 Å². The summed E-state index contributed by atoms with van der Waals surface area (Å²) in [5.74, 6) is 1.64. The highest BCUT2D eigenvalue weighted by molar-refractivity contribution is 14.0. The highest BCUT2D eigenvalue weighted by Gasteiger charge is 2.22. The third-order valence-corrected chi connectivity index (χ3v) is 4.10. The summed E-state index contributed by atoms with van der Waals surface area (Å²) in [5, 5.41) is 6.73. The molecule has 5 nitrogen and oxygen atoms in total. The molecule has 2 aliphatic rings. The maximum atomic E-state index is 6.07. The van der Waals surface area contributed by atoms with Gasteiger partial charge in [0, 0.05) is 24.3 Å². The van der Waals surface area contributed by atoms with E-state index in [4.69, 9.17) is 4.74 Å². The summed E-state index contributed by atoms with van der Waals surface area (Å²) in [4.78, 5) is 9.08. The zero-order chi connectivity index (χ0) is 15.2. The van der Waals surface area contributed by atoms with Gasteiger partial charge in [0.05, 0.1) is 6.54 Å². The van der Waals surface area contributed by atoms with E-state index in [0.29, 0.717) is 18.7 Å². The second kappa shape index (κ2) is 9.30. The minimum Gasteiger partial charge on any atom is -0.474 e. The zero-order valence-corrected chi connectivity index (χ0v) is 16.1. The van der Waals surface area contributed by atoms with Crippen LogP contribution in [0.3, 0.4) is 0 Å². The number of guanidine groups is 1. The lowest BCUT2D eigenvalue weighted by Crippen LogP contribution is -2.38. The summed E-state index contributed by atoms with van der Waals surface area (Å²) in [5.41, 5.74) is 1.06. The first-order chi connectivity index (χ1) is 10.8. The van der Waals surface area contributed by atoms with Crippen molar-refractivity contribution in [1.82, 2.24) is 15.6 Å². The molecule has 1 aromatic heterocycles. The highest BCUT2D eigenvalue weighted by Crippen LogP contribution is 2.25. The second-order valence-corrected chi connectivity index (χ2v) is 6.11. The first-order valence-corrected chi connectivity index (χ1v) is 8.50. The van der Waals surface area contributed by atoms with Crippen molar-refractivity contribution in [3.63, 3.8) is 0 Å². The molecule has 0 bridgehead atoms. The van der Waals surface area contributed by atoms with Crippen LogP contribution in [0.5, 0.6) is 5.88 Å². The number of hydrogen-bond donors (Lipinski definition) is 2. The Morgan fingerprint density at radius 3 is 2.78 bits per heavy atom. The van der Waals surface area contributed by atoms with Crippen molar-refractivity contribution in [1.29, 1.82) is 0 Å². The Kier molecular flexibility index (Phi) is 7.39. The molecule has 0 spiro atoms. The van der Waals surface area contributed by atoms with Crippen LogP contribution in [0.1, 0.15) is 51.0 Å². The number of nitrogens with one attached hydrogen (secondary N) is 2. The molecule has 2 fully saturated rings. The van der Waals surface area contributed by atoms with Crippen LogP contribution in [0.15, 0.2) is 23.3 Å². The van der Waals surface area contributed by atoms with Crippen LogP contribution in [-0.2, 0) is 6.54 Å². The summed E-state index contributed by atoms with van der Waals surface area (Å²) < 4.78 is 6.07. The zero-order valence-electron chi connectivity index (χ0n) is 13.8. The summed E-state index contributed by atoms with van der Waals surface area (Å²) in [6.45, 7) is 3.55. The molecule has 0 aromatic carbocycles. The van der Waals surface area contributed by atoms with E-state index < -0.39 is 0 Å². The van der Waals surface area contributed by atoms with Gasteiger partial charge in [-0.25, -0.2) is 9.98 Å². The van der Waals surface area contributed by atoms with E-state index in [1.54, 1.807) is 6.20 Å². The molecule has 2 N–H and O–H groups in total. The van der Waals surface area contributed by atoms with E-state index in [2.05, 4.69) is 33.6 Å². The number of rotatable bonds is 6. The van der Waals surface area contributed by atoms with Gasteiger partial charge < -0.3 is 15.4 Å². The third kappa shape index (κ3) is 5.82. The number of aliphatic imine (C=N–C) groups is 1. The summed E-state index contributed by atoms with van der Waals surface area (Å²) in [6.07, 6.45) is 9.43. The van der Waals surface area contributed by atoms with E-state index in [-0.39, 0.29) is 24.0 Å². The molecular weight excluding hydrogens is 403 g/mol. The van der Waals surface area contributed by atoms with Crippen molar-refractivity contribution < 1.29 is 4.74 Å². The fourth-order valence-corrected chi connectivity index (χ4v) is 2.72. The van der Waals surface area contributed by atoms with Crippen molar-refractivity contribution in [2.24, 2.45) is 4.99 Å². The first kappa shape index (κ1) is 18.3. The fourth-order valence-electron chi connectivity index (χ4n) is 2.72. The molecule has 0 amide bonds. The molecule has 1 heterocycles. The van der Waals surface area contributed by atoms with E-state index in [1.807, 2.05) is 6.07 Å². The molecule has 0 unspecified atom stereocenters. The average molecular weight is 430 g/mol. The summed E-state index contributed by atoms with van der Waals surface area (Å²) in [7, 11) is 0. The van der Waals surface area contributed by atoms with Gasteiger partial charge in [-0.3, -0.25) is 0 Å². The number of halogens is 1. The Labute approximate surface area is 155 Å². The smallest absolute Gasteiger partial charge is 0.218 e. The van der Waals surface area contributed by atoms with Crippen molar-refractivity contribution in [2.45, 2.75) is 64.1 Å². The van der Waals surface area contributed by atoms with Crippen molar-refractivity contribution >= 4 is 29.9 Å².